The first-order valence-electron chi connectivity index (χ1n) is 7.88. The number of nitrogens with one attached hydrogen (secondary N) is 1. The maximum absolute atomic E-state index is 12.4. The van der Waals surface area contributed by atoms with E-state index >= 15 is 0 Å². The number of aryl methyl sites for hydroxylation is 1. The van der Waals surface area contributed by atoms with Crippen LogP contribution in [0.3, 0.4) is 0 Å². The van der Waals surface area contributed by atoms with Crippen molar-refractivity contribution in [1.29, 1.82) is 0 Å². The lowest BCUT2D eigenvalue weighted by Crippen LogP contribution is -2.35. The molecule has 0 spiro atoms. The molecule has 1 aromatic heterocycles. The molecule has 1 amide bonds. The third-order valence-corrected chi connectivity index (χ3v) is 6.98. The summed E-state index contributed by atoms with van der Waals surface area (Å²) >= 11 is 1.25. The standard InChI is InChI=1S/C17H20N2O3S2/c1-3-16(20)19-9-8-13-5-6-15(10-14(13)11-19)18-24(21,22)17-7-4-12(2)23-17/h4-7,10,18H,3,8-9,11H2,1-2H3. The van der Waals surface area contributed by atoms with Crippen molar-refractivity contribution in [2.24, 2.45) is 0 Å². The molecule has 0 saturated heterocycles. The van der Waals surface area contributed by atoms with Crippen LogP contribution in [-0.4, -0.2) is 25.8 Å². The second-order valence-electron chi connectivity index (χ2n) is 5.87. The van der Waals surface area contributed by atoms with Gasteiger partial charge >= 0.3 is 0 Å². The van der Waals surface area contributed by atoms with Gasteiger partial charge in [0.15, 0.2) is 0 Å². The van der Waals surface area contributed by atoms with Gasteiger partial charge in [0.2, 0.25) is 5.91 Å². The summed E-state index contributed by atoms with van der Waals surface area (Å²) in [7, 11) is -3.57. The van der Waals surface area contributed by atoms with Crippen molar-refractivity contribution in [2.75, 3.05) is 11.3 Å². The van der Waals surface area contributed by atoms with Crippen molar-refractivity contribution in [3.8, 4) is 0 Å². The number of thiophene rings is 1. The number of amides is 1. The molecule has 1 aliphatic rings. The summed E-state index contributed by atoms with van der Waals surface area (Å²) in [6, 6.07) is 8.97. The maximum Gasteiger partial charge on any atom is 0.271 e. The lowest BCUT2D eigenvalue weighted by molar-refractivity contribution is -0.131. The van der Waals surface area contributed by atoms with Gasteiger partial charge in [0.1, 0.15) is 4.21 Å². The lowest BCUT2D eigenvalue weighted by atomic mass is 9.99. The molecule has 1 aromatic carbocycles. The summed E-state index contributed by atoms with van der Waals surface area (Å²) in [4.78, 5) is 14.7. The summed E-state index contributed by atoms with van der Waals surface area (Å²) in [5.74, 6) is 0.126. The summed E-state index contributed by atoms with van der Waals surface area (Å²) < 4.78 is 27.8. The van der Waals surface area contributed by atoms with E-state index in [9.17, 15) is 13.2 Å². The van der Waals surface area contributed by atoms with Crippen LogP contribution < -0.4 is 4.72 Å². The van der Waals surface area contributed by atoms with E-state index in [1.165, 1.54) is 16.9 Å². The summed E-state index contributed by atoms with van der Waals surface area (Å²) in [5, 5.41) is 0. The van der Waals surface area contributed by atoms with Gasteiger partial charge in [-0.2, -0.15) is 0 Å². The Labute approximate surface area is 146 Å². The zero-order chi connectivity index (χ0) is 17.3. The van der Waals surface area contributed by atoms with Gasteiger partial charge in [0.05, 0.1) is 0 Å². The van der Waals surface area contributed by atoms with Gasteiger partial charge in [-0.25, -0.2) is 8.42 Å². The van der Waals surface area contributed by atoms with Crippen LogP contribution in [0.2, 0.25) is 0 Å². The Kier molecular flexibility index (Phi) is 4.64. The van der Waals surface area contributed by atoms with Gasteiger partial charge in [-0.3, -0.25) is 9.52 Å². The van der Waals surface area contributed by atoms with Crippen molar-refractivity contribution >= 4 is 33.0 Å². The second-order valence-corrected chi connectivity index (χ2v) is 9.07. The molecule has 0 radical (unpaired) electrons. The van der Waals surface area contributed by atoms with E-state index in [0.29, 0.717) is 22.9 Å². The van der Waals surface area contributed by atoms with Crippen LogP contribution in [0.25, 0.3) is 0 Å². The van der Waals surface area contributed by atoms with Crippen LogP contribution in [0, 0.1) is 6.92 Å². The lowest BCUT2D eigenvalue weighted by Gasteiger charge is -2.29. The van der Waals surface area contributed by atoms with E-state index in [0.717, 1.165) is 23.4 Å². The summed E-state index contributed by atoms with van der Waals surface area (Å²) in [5.41, 5.74) is 2.71. The molecule has 0 atom stereocenters. The molecule has 128 valence electrons. The van der Waals surface area contributed by atoms with Crippen molar-refractivity contribution in [3.05, 3.63) is 46.3 Å². The zero-order valence-electron chi connectivity index (χ0n) is 13.7. The third-order valence-electron chi connectivity index (χ3n) is 4.11. The molecule has 2 aromatic rings. The minimum Gasteiger partial charge on any atom is -0.338 e. The molecule has 0 aliphatic carbocycles. The number of rotatable bonds is 4. The third kappa shape index (κ3) is 3.47. The highest BCUT2D eigenvalue weighted by atomic mass is 32.2. The Morgan fingerprint density at radius 3 is 2.71 bits per heavy atom. The summed E-state index contributed by atoms with van der Waals surface area (Å²) in [6.45, 7) is 4.99. The Hall–Kier alpha value is -1.86. The normalized spacial score (nSPS) is 14.3. The maximum atomic E-state index is 12.4. The van der Waals surface area contributed by atoms with Gasteiger partial charge in [-0.15, -0.1) is 11.3 Å². The first kappa shape index (κ1) is 17.0. The van der Waals surface area contributed by atoms with Crippen molar-refractivity contribution < 1.29 is 13.2 Å². The SMILES string of the molecule is CCC(=O)N1CCc2ccc(NS(=O)(=O)c3ccc(C)s3)cc2C1. The number of benzene rings is 1. The van der Waals surface area contributed by atoms with Crippen LogP contribution >= 0.6 is 11.3 Å². The van der Waals surface area contributed by atoms with E-state index in [2.05, 4.69) is 4.72 Å². The fourth-order valence-corrected chi connectivity index (χ4v) is 5.15. The molecule has 7 heteroatoms. The Balaban J connectivity index is 1.83. The number of sulfonamides is 1. The Morgan fingerprint density at radius 2 is 2.04 bits per heavy atom. The molecule has 0 saturated carbocycles. The number of hydrogen-bond donors (Lipinski definition) is 1. The van der Waals surface area contributed by atoms with Gasteiger partial charge in [-0.05, 0) is 48.7 Å². The highest BCUT2D eigenvalue weighted by Gasteiger charge is 2.21. The molecule has 0 unspecified atom stereocenters. The monoisotopic (exact) mass is 364 g/mol. The van der Waals surface area contributed by atoms with Gasteiger partial charge in [0.25, 0.3) is 10.0 Å². The smallest absolute Gasteiger partial charge is 0.271 e. The van der Waals surface area contributed by atoms with Crippen LogP contribution in [-0.2, 0) is 27.8 Å². The topological polar surface area (TPSA) is 66.5 Å². The molecule has 5 nitrogen and oxygen atoms in total. The molecule has 1 aliphatic heterocycles. The van der Waals surface area contributed by atoms with Crippen LogP contribution in [0.1, 0.15) is 29.3 Å². The Bertz CT molecular complexity index is 872. The molecular weight excluding hydrogens is 344 g/mol. The van der Waals surface area contributed by atoms with Crippen molar-refractivity contribution in [1.82, 2.24) is 4.90 Å². The van der Waals surface area contributed by atoms with Crippen molar-refractivity contribution in [2.45, 2.75) is 37.4 Å². The number of hydrogen-bond acceptors (Lipinski definition) is 4. The van der Waals surface area contributed by atoms with Gasteiger partial charge in [0, 0.05) is 30.1 Å². The minimum absolute atomic E-state index is 0.126. The quantitative estimate of drug-likeness (QED) is 0.906. The minimum atomic E-state index is -3.57. The molecular formula is C17H20N2O3S2. The number of fused-ring (bicyclic) bond motifs is 1. The molecule has 24 heavy (non-hydrogen) atoms. The van der Waals surface area contributed by atoms with Gasteiger partial charge in [-0.1, -0.05) is 13.0 Å². The van der Waals surface area contributed by atoms with Gasteiger partial charge < -0.3 is 4.90 Å². The number of carbonyl (C=O) groups excluding carboxylic acids is 1. The largest absolute Gasteiger partial charge is 0.338 e. The molecule has 0 bridgehead atoms. The fourth-order valence-electron chi connectivity index (χ4n) is 2.82. The fraction of sp³-hybridized carbons (Fsp3) is 0.353. The second kappa shape index (κ2) is 6.57. The van der Waals surface area contributed by atoms with Crippen LogP contribution in [0.15, 0.2) is 34.5 Å². The number of carbonyl (C=O) groups is 1. The van der Waals surface area contributed by atoms with Crippen LogP contribution in [0.5, 0.6) is 0 Å². The van der Waals surface area contributed by atoms with E-state index < -0.39 is 10.0 Å². The van der Waals surface area contributed by atoms with E-state index in [1.54, 1.807) is 18.2 Å². The molecule has 0 fully saturated rings. The predicted molar refractivity (Wildman–Crippen MR) is 95.7 cm³/mol. The highest BCUT2D eigenvalue weighted by molar-refractivity contribution is 7.94. The zero-order valence-corrected chi connectivity index (χ0v) is 15.3. The predicted octanol–water partition coefficient (Wildman–Crippen LogP) is 3.15. The first-order chi connectivity index (χ1) is 11.4. The number of nitrogens with zero attached hydrogens (tertiary/aromatic N) is 1. The molecule has 3 rings (SSSR count). The molecule has 2 heterocycles. The van der Waals surface area contributed by atoms with Crippen molar-refractivity contribution in [3.63, 3.8) is 0 Å². The first-order valence-corrected chi connectivity index (χ1v) is 10.2. The Morgan fingerprint density at radius 1 is 1.25 bits per heavy atom. The van der Waals surface area contributed by atoms with Crippen LogP contribution in [0.4, 0.5) is 5.69 Å². The van der Waals surface area contributed by atoms with E-state index in [1.807, 2.05) is 30.9 Å². The highest BCUT2D eigenvalue weighted by Crippen LogP contribution is 2.27. The average Bonchev–Trinajstić information content (AvgIpc) is 3.00. The molecule has 1 N–H and O–H groups in total. The summed E-state index contributed by atoms with van der Waals surface area (Å²) in [6.07, 6.45) is 1.29. The average molecular weight is 364 g/mol. The van der Waals surface area contributed by atoms with E-state index in [-0.39, 0.29) is 5.91 Å². The number of anilines is 1. The van der Waals surface area contributed by atoms with E-state index in [4.69, 9.17) is 0 Å².